The molecule has 3 aromatic heterocycles. The zero-order valence-corrected chi connectivity index (χ0v) is 19.0. The van der Waals surface area contributed by atoms with E-state index in [9.17, 15) is 4.79 Å². The van der Waals surface area contributed by atoms with Crippen molar-refractivity contribution in [3.8, 4) is 11.5 Å². The van der Waals surface area contributed by atoms with E-state index in [-0.39, 0.29) is 11.9 Å². The second-order valence-corrected chi connectivity index (χ2v) is 7.15. The molecule has 0 atom stereocenters. The van der Waals surface area contributed by atoms with Gasteiger partial charge in [0.1, 0.15) is 23.6 Å². The van der Waals surface area contributed by atoms with Crippen LogP contribution in [0.5, 0.6) is 11.5 Å². The van der Waals surface area contributed by atoms with Gasteiger partial charge in [-0.25, -0.2) is 19.9 Å². The van der Waals surface area contributed by atoms with Gasteiger partial charge in [0, 0.05) is 20.0 Å². The Labute approximate surface area is 195 Å². The van der Waals surface area contributed by atoms with E-state index in [1.165, 1.54) is 19.4 Å². The molecule has 3 aromatic rings. The average Bonchev–Trinajstić information content (AvgIpc) is 2.86. The number of nitrogens with one attached hydrogen (secondary N) is 3. The first-order valence-corrected chi connectivity index (χ1v) is 10.5. The second kappa shape index (κ2) is 10.6. The normalized spacial score (nSPS) is 13.2. The molecule has 0 radical (unpaired) electrons. The number of nitrogens with zero attached hydrogens (tertiary/aromatic N) is 6. The predicted molar refractivity (Wildman–Crippen MR) is 125 cm³/mol. The highest BCUT2D eigenvalue weighted by Gasteiger charge is 2.21. The molecule has 1 aliphatic rings. The number of hydrogen-bond acceptors (Lipinski definition) is 12. The summed E-state index contributed by atoms with van der Waals surface area (Å²) < 4.78 is 16.2. The van der Waals surface area contributed by atoms with Gasteiger partial charge in [0.05, 0.1) is 39.8 Å². The van der Waals surface area contributed by atoms with Crippen molar-refractivity contribution in [1.29, 1.82) is 0 Å². The fourth-order valence-electron chi connectivity index (χ4n) is 3.26. The van der Waals surface area contributed by atoms with Gasteiger partial charge in [-0.2, -0.15) is 4.98 Å². The molecular formula is C21H25N9O4. The molecule has 1 saturated heterocycles. The lowest BCUT2D eigenvalue weighted by Gasteiger charge is -2.29. The van der Waals surface area contributed by atoms with Gasteiger partial charge in [-0.15, -0.1) is 0 Å². The van der Waals surface area contributed by atoms with Crippen molar-refractivity contribution in [3.05, 3.63) is 30.9 Å². The van der Waals surface area contributed by atoms with Crippen molar-refractivity contribution in [2.45, 2.75) is 6.92 Å². The average molecular weight is 467 g/mol. The molecule has 0 saturated carbocycles. The maximum absolute atomic E-state index is 11.7. The molecule has 13 heteroatoms. The third kappa shape index (κ3) is 5.38. The Balaban J connectivity index is 1.65. The minimum absolute atomic E-state index is 0.260. The number of aromatic nitrogens is 5. The van der Waals surface area contributed by atoms with E-state index in [0.717, 1.165) is 0 Å². The Morgan fingerprint density at radius 1 is 1.00 bits per heavy atom. The summed E-state index contributed by atoms with van der Waals surface area (Å²) in [7, 11) is 3.11. The van der Waals surface area contributed by atoms with Gasteiger partial charge < -0.3 is 35.1 Å². The van der Waals surface area contributed by atoms with Gasteiger partial charge >= 0.3 is 0 Å². The van der Waals surface area contributed by atoms with Gasteiger partial charge in [0.15, 0.2) is 17.5 Å². The van der Waals surface area contributed by atoms with Gasteiger partial charge in [0.2, 0.25) is 17.6 Å². The van der Waals surface area contributed by atoms with Gasteiger partial charge in [0.25, 0.3) is 0 Å². The van der Waals surface area contributed by atoms with Crippen LogP contribution in [0, 0.1) is 0 Å². The number of hydrogen-bond donors (Lipinski definition) is 3. The Hall–Kier alpha value is -4.26. The molecule has 13 nitrogen and oxygen atoms in total. The lowest BCUT2D eigenvalue weighted by Crippen LogP contribution is -2.37. The highest BCUT2D eigenvalue weighted by Crippen LogP contribution is 2.35. The zero-order chi connectivity index (χ0) is 23.9. The Morgan fingerprint density at radius 3 is 2.50 bits per heavy atom. The molecule has 0 spiro atoms. The van der Waals surface area contributed by atoms with E-state index >= 15 is 0 Å². The summed E-state index contributed by atoms with van der Waals surface area (Å²) in [4.78, 5) is 35.6. The molecular weight excluding hydrogens is 442 g/mol. The number of anilines is 6. The molecule has 0 aliphatic carbocycles. The minimum Gasteiger partial charge on any atom is -0.495 e. The Kier molecular flexibility index (Phi) is 7.13. The number of methoxy groups -OCH3 is 2. The Bertz CT molecular complexity index is 1140. The van der Waals surface area contributed by atoms with Crippen LogP contribution in [0.2, 0.25) is 0 Å². The lowest BCUT2D eigenvalue weighted by molar-refractivity contribution is -0.114. The molecule has 34 heavy (non-hydrogen) atoms. The quantitative estimate of drug-likeness (QED) is 0.444. The number of ether oxygens (including phenoxy) is 3. The Morgan fingerprint density at radius 2 is 1.82 bits per heavy atom. The van der Waals surface area contributed by atoms with Crippen molar-refractivity contribution in [3.63, 3.8) is 0 Å². The van der Waals surface area contributed by atoms with E-state index in [2.05, 4.69) is 45.8 Å². The van der Waals surface area contributed by atoms with E-state index in [1.54, 1.807) is 32.5 Å². The highest BCUT2D eigenvalue weighted by molar-refractivity contribution is 5.92. The minimum atomic E-state index is -0.271. The van der Waals surface area contributed by atoms with Gasteiger partial charge in [-0.05, 0) is 12.1 Å². The molecule has 1 amide bonds. The molecule has 3 N–H and O–H groups in total. The molecule has 0 aromatic carbocycles. The second-order valence-electron chi connectivity index (χ2n) is 7.15. The van der Waals surface area contributed by atoms with Crippen molar-refractivity contribution in [2.75, 3.05) is 61.4 Å². The first kappa shape index (κ1) is 22.9. The number of rotatable bonds is 8. The van der Waals surface area contributed by atoms with Crippen LogP contribution in [0.4, 0.5) is 34.9 Å². The maximum atomic E-state index is 11.7. The first-order chi connectivity index (χ1) is 16.6. The smallest absolute Gasteiger partial charge is 0.230 e. The fraction of sp³-hybridized carbons (Fsp3) is 0.333. The largest absolute Gasteiger partial charge is 0.495 e. The topological polar surface area (TPSA) is 149 Å². The number of amides is 1. The summed E-state index contributed by atoms with van der Waals surface area (Å²) in [5, 5.41) is 8.88. The van der Waals surface area contributed by atoms with E-state index in [0.29, 0.717) is 66.8 Å². The predicted octanol–water partition coefficient (Wildman–Crippen LogP) is 1.96. The van der Waals surface area contributed by atoms with Crippen LogP contribution < -0.4 is 30.3 Å². The summed E-state index contributed by atoms with van der Waals surface area (Å²) in [6.45, 7) is 3.96. The van der Waals surface area contributed by atoms with Crippen LogP contribution in [-0.4, -0.2) is 71.3 Å². The van der Waals surface area contributed by atoms with Crippen LogP contribution in [-0.2, 0) is 9.53 Å². The van der Waals surface area contributed by atoms with E-state index < -0.39 is 0 Å². The molecule has 4 heterocycles. The molecule has 1 fully saturated rings. The fourth-order valence-corrected chi connectivity index (χ4v) is 3.26. The first-order valence-electron chi connectivity index (χ1n) is 10.5. The monoisotopic (exact) mass is 467 g/mol. The van der Waals surface area contributed by atoms with Crippen molar-refractivity contribution >= 4 is 40.8 Å². The molecule has 4 rings (SSSR count). The summed E-state index contributed by atoms with van der Waals surface area (Å²) in [5.41, 5.74) is 0.370. The lowest BCUT2D eigenvalue weighted by atomic mass is 10.3. The number of morpholine rings is 1. The van der Waals surface area contributed by atoms with Crippen LogP contribution in [0.25, 0.3) is 0 Å². The summed E-state index contributed by atoms with van der Waals surface area (Å²) in [5.74, 6) is 2.92. The van der Waals surface area contributed by atoms with Crippen molar-refractivity contribution < 1.29 is 19.0 Å². The van der Waals surface area contributed by atoms with Gasteiger partial charge in [-0.3, -0.25) is 4.79 Å². The summed E-state index contributed by atoms with van der Waals surface area (Å²) in [6.07, 6.45) is 4.50. The molecule has 0 unspecified atom stereocenters. The van der Waals surface area contributed by atoms with E-state index in [1.807, 2.05) is 0 Å². The summed E-state index contributed by atoms with van der Waals surface area (Å²) >= 11 is 0. The number of carbonyl (C=O) groups excluding carboxylic acids is 1. The number of pyridine rings is 1. The molecule has 1 aliphatic heterocycles. The third-order valence-electron chi connectivity index (χ3n) is 4.85. The zero-order valence-electron chi connectivity index (χ0n) is 19.0. The van der Waals surface area contributed by atoms with Crippen LogP contribution in [0.3, 0.4) is 0 Å². The SMILES string of the molecule is COc1ccc(Nc2ncc(NC(C)=O)c(Nc3ncnc(N4CCOCC4)c3OC)n2)nc1. The molecule has 178 valence electrons. The van der Waals surface area contributed by atoms with Crippen LogP contribution in [0.15, 0.2) is 30.9 Å². The third-order valence-corrected chi connectivity index (χ3v) is 4.85. The van der Waals surface area contributed by atoms with Gasteiger partial charge in [-0.1, -0.05) is 0 Å². The van der Waals surface area contributed by atoms with E-state index in [4.69, 9.17) is 14.2 Å². The highest BCUT2D eigenvalue weighted by atomic mass is 16.5. The number of carbonyl (C=O) groups is 1. The van der Waals surface area contributed by atoms with Crippen LogP contribution in [0.1, 0.15) is 6.92 Å². The van der Waals surface area contributed by atoms with Crippen LogP contribution >= 0.6 is 0 Å². The maximum Gasteiger partial charge on any atom is 0.230 e. The van der Waals surface area contributed by atoms with Crippen molar-refractivity contribution in [2.24, 2.45) is 0 Å². The standard InChI is InChI=1S/C21H25N9O4/c1-13(31)26-15-11-23-21(27-16-5-4-14(32-2)10-22-16)29-18(15)28-19-17(33-3)20(25-12-24-19)30-6-8-34-9-7-30/h4-5,10-12H,6-9H2,1-3H3,(H,26,31)(H2,22,23,24,25,27,28,29). The summed E-state index contributed by atoms with van der Waals surface area (Å²) in [6, 6.07) is 3.50. The molecule has 0 bridgehead atoms. The van der Waals surface area contributed by atoms with Crippen molar-refractivity contribution in [1.82, 2.24) is 24.9 Å².